The standard InChI is InChI=1S/C24H30N4O6/c1-24(2)33-14-17(34-24)8-6-7-16-13-21(28-20(26-16)9-10-25-28)27-23(29)15-11-18(30-3)22(32-5)19(12-15)31-4/h9-13,17H,6-8,14H2,1-5H3,(H,27,29). The maximum atomic E-state index is 13.1. The van der Waals surface area contributed by atoms with E-state index in [9.17, 15) is 4.79 Å². The Kier molecular flexibility index (Phi) is 6.90. The van der Waals surface area contributed by atoms with Crippen molar-refractivity contribution in [3.05, 3.63) is 41.7 Å². The Morgan fingerprint density at radius 3 is 2.53 bits per heavy atom. The minimum Gasteiger partial charge on any atom is -0.493 e. The highest BCUT2D eigenvalue weighted by Gasteiger charge is 2.32. The highest BCUT2D eigenvalue weighted by Crippen LogP contribution is 2.38. The summed E-state index contributed by atoms with van der Waals surface area (Å²) in [6.45, 7) is 4.44. The van der Waals surface area contributed by atoms with Gasteiger partial charge in [0.05, 0.1) is 40.2 Å². The Balaban J connectivity index is 1.51. The van der Waals surface area contributed by atoms with Crippen LogP contribution in [0.1, 0.15) is 42.7 Å². The first-order chi connectivity index (χ1) is 16.3. The molecule has 34 heavy (non-hydrogen) atoms. The molecule has 0 aliphatic carbocycles. The number of aryl methyl sites for hydroxylation is 1. The lowest BCUT2D eigenvalue weighted by molar-refractivity contribution is -0.139. The normalized spacial score (nSPS) is 17.0. The number of hydrogen-bond donors (Lipinski definition) is 1. The number of amides is 1. The third-order valence-electron chi connectivity index (χ3n) is 5.61. The molecule has 1 saturated heterocycles. The number of hydrogen-bond acceptors (Lipinski definition) is 8. The van der Waals surface area contributed by atoms with E-state index in [1.807, 2.05) is 19.9 Å². The van der Waals surface area contributed by atoms with Gasteiger partial charge in [-0.1, -0.05) is 0 Å². The van der Waals surface area contributed by atoms with Gasteiger partial charge in [-0.05, 0) is 45.2 Å². The number of carbonyl (C=O) groups is 1. The molecule has 0 spiro atoms. The minimum absolute atomic E-state index is 0.0768. The summed E-state index contributed by atoms with van der Waals surface area (Å²) in [6, 6.07) is 6.84. The Morgan fingerprint density at radius 1 is 1.18 bits per heavy atom. The van der Waals surface area contributed by atoms with Crippen LogP contribution >= 0.6 is 0 Å². The predicted molar refractivity (Wildman–Crippen MR) is 125 cm³/mol. The molecule has 1 aliphatic rings. The molecule has 1 N–H and O–H groups in total. The second-order valence-corrected chi connectivity index (χ2v) is 8.44. The molecule has 10 heteroatoms. The van der Waals surface area contributed by atoms with E-state index >= 15 is 0 Å². The number of nitrogens with zero attached hydrogens (tertiary/aromatic N) is 3. The van der Waals surface area contributed by atoms with Crippen molar-refractivity contribution >= 4 is 17.4 Å². The summed E-state index contributed by atoms with van der Waals surface area (Å²) in [4.78, 5) is 17.8. The summed E-state index contributed by atoms with van der Waals surface area (Å²) in [5.74, 6) is 0.865. The maximum absolute atomic E-state index is 13.1. The molecular formula is C24H30N4O6. The smallest absolute Gasteiger partial charge is 0.257 e. The van der Waals surface area contributed by atoms with Crippen molar-refractivity contribution in [1.29, 1.82) is 0 Å². The molecule has 182 valence electrons. The molecule has 0 saturated carbocycles. The van der Waals surface area contributed by atoms with Gasteiger partial charge in [0.2, 0.25) is 5.75 Å². The first kappa shape index (κ1) is 23.8. The Morgan fingerprint density at radius 2 is 1.91 bits per heavy atom. The van der Waals surface area contributed by atoms with Gasteiger partial charge in [0.15, 0.2) is 22.9 Å². The largest absolute Gasteiger partial charge is 0.493 e. The molecule has 1 aliphatic heterocycles. The number of carbonyl (C=O) groups excluding carboxylic acids is 1. The average molecular weight is 471 g/mol. The van der Waals surface area contributed by atoms with Crippen molar-refractivity contribution in [2.24, 2.45) is 0 Å². The second kappa shape index (κ2) is 9.86. The lowest BCUT2D eigenvalue weighted by atomic mass is 10.1. The van der Waals surface area contributed by atoms with E-state index < -0.39 is 5.79 Å². The van der Waals surface area contributed by atoms with Gasteiger partial charge in [-0.3, -0.25) is 4.79 Å². The molecule has 10 nitrogen and oxygen atoms in total. The minimum atomic E-state index is -0.524. The van der Waals surface area contributed by atoms with E-state index in [2.05, 4.69) is 15.4 Å². The number of methoxy groups -OCH3 is 3. The molecular weight excluding hydrogens is 440 g/mol. The molecule has 2 aromatic heterocycles. The van der Waals surface area contributed by atoms with Crippen molar-refractivity contribution in [2.45, 2.75) is 45.0 Å². The van der Waals surface area contributed by atoms with Crippen molar-refractivity contribution in [3.63, 3.8) is 0 Å². The van der Waals surface area contributed by atoms with E-state index in [1.54, 1.807) is 28.9 Å². The number of fused-ring (bicyclic) bond motifs is 1. The number of rotatable bonds is 9. The summed E-state index contributed by atoms with van der Waals surface area (Å²) in [5, 5.41) is 7.23. The van der Waals surface area contributed by atoms with Crippen LogP contribution in [-0.2, 0) is 15.9 Å². The summed E-state index contributed by atoms with van der Waals surface area (Å²) in [7, 11) is 4.52. The van der Waals surface area contributed by atoms with E-state index in [0.717, 1.165) is 25.0 Å². The quantitative estimate of drug-likeness (QED) is 0.507. The molecule has 4 rings (SSSR count). The van der Waals surface area contributed by atoms with E-state index in [0.29, 0.717) is 40.9 Å². The van der Waals surface area contributed by atoms with Crippen LogP contribution in [0.3, 0.4) is 0 Å². The first-order valence-corrected chi connectivity index (χ1v) is 11.1. The summed E-state index contributed by atoms with van der Waals surface area (Å²) in [6.07, 6.45) is 4.19. The van der Waals surface area contributed by atoms with Crippen molar-refractivity contribution in [3.8, 4) is 17.2 Å². The molecule has 1 atom stereocenters. The fourth-order valence-corrected chi connectivity index (χ4v) is 4.00. The van der Waals surface area contributed by atoms with Crippen molar-refractivity contribution < 1.29 is 28.5 Å². The van der Waals surface area contributed by atoms with Gasteiger partial charge in [0, 0.05) is 23.4 Å². The number of nitrogens with one attached hydrogen (secondary N) is 1. The Bertz CT molecular complexity index is 1150. The van der Waals surface area contributed by atoms with Crippen LogP contribution in [0.5, 0.6) is 17.2 Å². The van der Waals surface area contributed by atoms with Gasteiger partial charge in [0.1, 0.15) is 5.82 Å². The number of anilines is 1. The van der Waals surface area contributed by atoms with Crippen molar-refractivity contribution in [1.82, 2.24) is 14.6 Å². The van der Waals surface area contributed by atoms with Gasteiger partial charge in [0.25, 0.3) is 5.91 Å². The van der Waals surface area contributed by atoms with Crippen molar-refractivity contribution in [2.75, 3.05) is 33.3 Å². The van der Waals surface area contributed by atoms with Crippen LogP contribution in [-0.4, -0.2) is 60.3 Å². The monoisotopic (exact) mass is 470 g/mol. The van der Waals surface area contributed by atoms with Crippen LogP contribution in [0.4, 0.5) is 5.82 Å². The topological polar surface area (TPSA) is 105 Å². The van der Waals surface area contributed by atoms with E-state index in [1.165, 1.54) is 21.3 Å². The lowest BCUT2D eigenvalue weighted by Crippen LogP contribution is -2.21. The SMILES string of the molecule is COc1cc(C(=O)Nc2cc(CCCC3COC(C)(C)O3)nc3ccnn23)cc(OC)c1OC. The zero-order valence-corrected chi connectivity index (χ0v) is 20.1. The molecule has 1 unspecified atom stereocenters. The van der Waals surface area contributed by atoms with E-state index in [4.69, 9.17) is 23.7 Å². The van der Waals surface area contributed by atoms with Gasteiger partial charge >= 0.3 is 0 Å². The van der Waals surface area contributed by atoms with E-state index in [-0.39, 0.29) is 12.0 Å². The third-order valence-corrected chi connectivity index (χ3v) is 5.61. The first-order valence-electron chi connectivity index (χ1n) is 11.1. The van der Waals surface area contributed by atoms with Crippen LogP contribution in [0.2, 0.25) is 0 Å². The van der Waals surface area contributed by atoms with Gasteiger partial charge in [-0.25, -0.2) is 4.98 Å². The molecule has 1 amide bonds. The fraction of sp³-hybridized carbons (Fsp3) is 0.458. The summed E-state index contributed by atoms with van der Waals surface area (Å²) in [5.41, 5.74) is 1.86. The lowest BCUT2D eigenvalue weighted by Gasteiger charge is -2.17. The second-order valence-electron chi connectivity index (χ2n) is 8.44. The Labute approximate surface area is 198 Å². The summed E-state index contributed by atoms with van der Waals surface area (Å²) < 4.78 is 29.2. The number of benzene rings is 1. The van der Waals surface area contributed by atoms with Crippen LogP contribution < -0.4 is 19.5 Å². The van der Waals surface area contributed by atoms with Gasteiger partial charge in [-0.15, -0.1) is 0 Å². The molecule has 1 aromatic carbocycles. The van der Waals surface area contributed by atoms with Crippen LogP contribution in [0.15, 0.2) is 30.5 Å². The van der Waals surface area contributed by atoms with Gasteiger partial charge in [-0.2, -0.15) is 9.61 Å². The highest BCUT2D eigenvalue weighted by atomic mass is 16.7. The fourth-order valence-electron chi connectivity index (χ4n) is 4.00. The number of ether oxygens (including phenoxy) is 5. The maximum Gasteiger partial charge on any atom is 0.257 e. The van der Waals surface area contributed by atoms with Crippen LogP contribution in [0.25, 0.3) is 5.65 Å². The molecule has 1 fully saturated rings. The van der Waals surface area contributed by atoms with Gasteiger partial charge < -0.3 is 29.0 Å². The average Bonchev–Trinajstić information content (AvgIpc) is 3.43. The predicted octanol–water partition coefficient (Wildman–Crippen LogP) is 3.48. The third kappa shape index (κ3) is 5.07. The molecule has 0 radical (unpaired) electrons. The summed E-state index contributed by atoms with van der Waals surface area (Å²) >= 11 is 0. The zero-order chi connectivity index (χ0) is 24.3. The number of aromatic nitrogens is 3. The molecule has 3 heterocycles. The van der Waals surface area contributed by atoms with Crippen LogP contribution in [0, 0.1) is 0 Å². The highest BCUT2D eigenvalue weighted by molar-refractivity contribution is 6.04. The molecule has 0 bridgehead atoms. The molecule has 3 aromatic rings. The Hall–Kier alpha value is -3.37. The zero-order valence-electron chi connectivity index (χ0n) is 20.1.